The Morgan fingerprint density at radius 3 is 1.86 bits per heavy atom. The van der Waals surface area contributed by atoms with Crippen molar-refractivity contribution in [2.75, 3.05) is 52.6 Å². The molecule has 0 spiro atoms. The minimum atomic E-state index is -0.912. The zero-order valence-electron chi connectivity index (χ0n) is 28.7. The third kappa shape index (κ3) is 7.56. The van der Waals surface area contributed by atoms with Crippen molar-refractivity contribution in [3.63, 3.8) is 0 Å². The topological polar surface area (TPSA) is 88.0 Å². The molecule has 9 heteroatoms. The van der Waals surface area contributed by atoms with Crippen molar-refractivity contribution in [1.82, 2.24) is 15.3 Å². The molecule has 258 valence electrons. The van der Waals surface area contributed by atoms with Gasteiger partial charge in [-0.2, -0.15) is 0 Å². The summed E-state index contributed by atoms with van der Waals surface area (Å²) in [5, 5.41) is 0. The van der Waals surface area contributed by atoms with E-state index in [1.165, 1.54) is 11.1 Å². The summed E-state index contributed by atoms with van der Waals surface area (Å²) in [5.74, 6) is -0.630. The maximum atomic E-state index is 15.0. The molecule has 0 aliphatic carbocycles. The molecule has 0 radical (unpaired) electrons. The highest BCUT2D eigenvalue weighted by Crippen LogP contribution is 2.56. The van der Waals surface area contributed by atoms with Gasteiger partial charge in [-0.15, -0.1) is 0 Å². The Bertz CT molecular complexity index is 1550. The Balaban J connectivity index is 1.26. The van der Waals surface area contributed by atoms with Gasteiger partial charge in [-0.3, -0.25) is 29.4 Å². The minimum absolute atomic E-state index is 0.120. The Morgan fingerprint density at radius 1 is 0.776 bits per heavy atom. The lowest BCUT2D eigenvalue weighted by Gasteiger charge is -2.41. The summed E-state index contributed by atoms with van der Waals surface area (Å²) < 4.78 is 11.2. The van der Waals surface area contributed by atoms with Crippen LogP contribution in [0.25, 0.3) is 0 Å². The standard InChI is InChI=1S/C40H49N5O4/c1-2-3-7-14-40(39(46)43-49-29-30-8-5-4-6-9-30,35-25-41-37-12-10-31(23-33(35)37)27-44-15-19-47-20-16-44)36-26-42-38-13-11-32(24-34(36)38)28-45-17-21-48-22-18-45/h4-6,8-13,23-26,35-36H,2-3,7,14-22,27-29H2,1H3,(H,43,46). The Kier molecular flexibility index (Phi) is 10.9. The van der Waals surface area contributed by atoms with Crippen molar-refractivity contribution in [1.29, 1.82) is 0 Å². The maximum Gasteiger partial charge on any atom is 0.251 e. The van der Waals surface area contributed by atoms with Crippen molar-refractivity contribution in [2.45, 2.75) is 64.1 Å². The third-order valence-electron chi connectivity index (χ3n) is 10.6. The average Bonchev–Trinajstić information content (AvgIpc) is 3.76. The van der Waals surface area contributed by atoms with Gasteiger partial charge in [-0.1, -0.05) is 80.8 Å². The molecular weight excluding hydrogens is 614 g/mol. The van der Waals surface area contributed by atoms with Crippen LogP contribution in [0.15, 0.2) is 76.7 Å². The Morgan fingerprint density at radius 2 is 1.33 bits per heavy atom. The lowest BCUT2D eigenvalue weighted by Crippen LogP contribution is -2.49. The molecule has 4 aliphatic rings. The highest BCUT2D eigenvalue weighted by atomic mass is 16.7. The normalized spacial score (nSPS) is 21.7. The second kappa shape index (κ2) is 15.9. The zero-order valence-corrected chi connectivity index (χ0v) is 28.7. The van der Waals surface area contributed by atoms with E-state index in [1.54, 1.807) is 0 Å². The number of amides is 1. The molecule has 49 heavy (non-hydrogen) atoms. The van der Waals surface area contributed by atoms with Crippen LogP contribution in [0.2, 0.25) is 0 Å². The maximum absolute atomic E-state index is 15.0. The number of ether oxygens (including phenoxy) is 2. The summed E-state index contributed by atoms with van der Waals surface area (Å²) in [6, 6.07) is 23.1. The number of nitrogens with one attached hydrogen (secondary N) is 1. The molecule has 4 heterocycles. The summed E-state index contributed by atoms with van der Waals surface area (Å²) in [7, 11) is 0. The van der Waals surface area contributed by atoms with Crippen LogP contribution in [0.1, 0.15) is 72.3 Å². The Labute approximate surface area is 290 Å². The van der Waals surface area contributed by atoms with E-state index in [9.17, 15) is 0 Å². The number of morpholine rings is 2. The molecule has 3 aromatic carbocycles. The van der Waals surface area contributed by atoms with Gasteiger partial charge in [0, 0.05) is 63.5 Å². The van der Waals surface area contributed by atoms with Gasteiger partial charge in [0.15, 0.2) is 0 Å². The SMILES string of the molecule is CCCCCC(C(=O)NOCc1ccccc1)(C1C=Nc2ccc(CN3CCOCC3)cc21)C1C=Nc2ccc(CN3CCOCC3)cc21. The van der Waals surface area contributed by atoms with E-state index < -0.39 is 5.41 Å². The van der Waals surface area contributed by atoms with E-state index >= 15 is 4.79 Å². The first-order valence-electron chi connectivity index (χ1n) is 18.0. The number of benzene rings is 3. The van der Waals surface area contributed by atoms with E-state index in [-0.39, 0.29) is 24.3 Å². The highest BCUT2D eigenvalue weighted by Gasteiger charge is 2.54. The number of hydroxylamine groups is 1. The number of hydrogen-bond donors (Lipinski definition) is 1. The number of carbonyl (C=O) groups excluding carboxylic acids is 1. The van der Waals surface area contributed by atoms with Crippen LogP contribution in [0.5, 0.6) is 0 Å². The number of nitrogens with zero attached hydrogens (tertiary/aromatic N) is 4. The first kappa shape index (κ1) is 33.8. The fourth-order valence-electron chi connectivity index (χ4n) is 7.89. The molecule has 2 unspecified atom stereocenters. The van der Waals surface area contributed by atoms with Gasteiger partial charge in [-0.25, -0.2) is 5.48 Å². The van der Waals surface area contributed by atoms with Gasteiger partial charge in [0.05, 0.1) is 49.8 Å². The van der Waals surface area contributed by atoms with Crippen LogP contribution >= 0.6 is 0 Å². The van der Waals surface area contributed by atoms with Crippen molar-refractivity contribution in [3.05, 3.63) is 94.5 Å². The van der Waals surface area contributed by atoms with Crippen molar-refractivity contribution in [2.24, 2.45) is 15.4 Å². The average molecular weight is 664 g/mol. The van der Waals surface area contributed by atoms with Gasteiger partial charge in [0.25, 0.3) is 5.91 Å². The fourth-order valence-corrected chi connectivity index (χ4v) is 7.89. The number of fused-ring (bicyclic) bond motifs is 2. The summed E-state index contributed by atoms with van der Waals surface area (Å²) in [6.45, 7) is 10.9. The van der Waals surface area contributed by atoms with Crippen molar-refractivity contribution in [3.8, 4) is 0 Å². The Hall–Kier alpha value is -3.73. The van der Waals surface area contributed by atoms with E-state index in [1.807, 2.05) is 42.8 Å². The largest absolute Gasteiger partial charge is 0.379 e. The second-order valence-electron chi connectivity index (χ2n) is 13.8. The number of rotatable bonds is 14. The molecule has 0 aromatic heterocycles. The van der Waals surface area contributed by atoms with Crippen LogP contribution in [0.4, 0.5) is 11.4 Å². The molecule has 1 N–H and O–H groups in total. The predicted molar refractivity (Wildman–Crippen MR) is 193 cm³/mol. The van der Waals surface area contributed by atoms with Gasteiger partial charge in [-0.05, 0) is 46.4 Å². The minimum Gasteiger partial charge on any atom is -0.379 e. The molecular formula is C40H49N5O4. The van der Waals surface area contributed by atoms with E-state index in [0.717, 1.165) is 113 Å². The molecule has 3 aromatic rings. The molecule has 0 saturated carbocycles. The number of hydrogen-bond acceptors (Lipinski definition) is 8. The molecule has 9 nitrogen and oxygen atoms in total. The highest BCUT2D eigenvalue weighted by molar-refractivity contribution is 5.98. The van der Waals surface area contributed by atoms with Crippen molar-refractivity contribution < 1.29 is 19.1 Å². The van der Waals surface area contributed by atoms with Crippen LogP contribution in [0.3, 0.4) is 0 Å². The first-order valence-corrected chi connectivity index (χ1v) is 18.0. The van der Waals surface area contributed by atoms with Gasteiger partial charge >= 0.3 is 0 Å². The second-order valence-corrected chi connectivity index (χ2v) is 13.8. The third-order valence-corrected chi connectivity index (χ3v) is 10.6. The summed E-state index contributed by atoms with van der Waals surface area (Å²) in [5.41, 5.74) is 9.59. The van der Waals surface area contributed by atoms with E-state index in [0.29, 0.717) is 6.42 Å². The van der Waals surface area contributed by atoms with Gasteiger partial charge < -0.3 is 9.47 Å². The van der Waals surface area contributed by atoms with E-state index in [4.69, 9.17) is 24.3 Å². The molecule has 2 saturated heterocycles. The summed E-state index contributed by atoms with van der Waals surface area (Å²) >= 11 is 0. The number of aliphatic imine (C=N–C) groups is 2. The fraction of sp³-hybridized carbons (Fsp3) is 0.475. The van der Waals surface area contributed by atoms with Crippen molar-refractivity contribution >= 4 is 29.7 Å². The molecule has 1 amide bonds. The van der Waals surface area contributed by atoms with Crippen LogP contribution in [0, 0.1) is 5.41 Å². The smallest absolute Gasteiger partial charge is 0.251 e. The van der Waals surface area contributed by atoms with Crippen LogP contribution in [-0.2, 0) is 38.8 Å². The van der Waals surface area contributed by atoms with Gasteiger partial charge in [0.2, 0.25) is 0 Å². The molecule has 2 atom stereocenters. The monoisotopic (exact) mass is 663 g/mol. The quantitative estimate of drug-likeness (QED) is 0.157. The van der Waals surface area contributed by atoms with Crippen LogP contribution < -0.4 is 5.48 Å². The van der Waals surface area contributed by atoms with Crippen LogP contribution in [-0.4, -0.2) is 80.7 Å². The molecule has 2 fully saturated rings. The summed E-state index contributed by atoms with van der Waals surface area (Å²) in [4.78, 5) is 35.8. The summed E-state index contributed by atoms with van der Waals surface area (Å²) in [6.07, 6.45) is 7.71. The molecule has 7 rings (SSSR count). The van der Waals surface area contributed by atoms with Gasteiger partial charge in [0.1, 0.15) is 0 Å². The number of unbranched alkanes of at least 4 members (excludes halogenated alkanes) is 2. The number of carbonyl (C=O) groups is 1. The van der Waals surface area contributed by atoms with E-state index in [2.05, 4.69) is 58.6 Å². The molecule has 4 aliphatic heterocycles. The lowest BCUT2D eigenvalue weighted by atomic mass is 9.60. The lowest BCUT2D eigenvalue weighted by molar-refractivity contribution is -0.147. The predicted octanol–water partition coefficient (Wildman–Crippen LogP) is 6.46. The molecule has 0 bridgehead atoms. The first-order chi connectivity index (χ1) is 24.1. The zero-order chi connectivity index (χ0) is 33.5.